The van der Waals surface area contributed by atoms with Crippen molar-refractivity contribution < 1.29 is 13.2 Å². The van der Waals surface area contributed by atoms with Crippen LogP contribution in [0.15, 0.2) is 18.3 Å². The summed E-state index contributed by atoms with van der Waals surface area (Å²) in [5.41, 5.74) is 5.04. The average molecular weight is 339 g/mol. The third kappa shape index (κ3) is 3.75. The Kier molecular flexibility index (Phi) is 4.88. The van der Waals surface area contributed by atoms with Crippen LogP contribution >= 0.6 is 0 Å². The van der Waals surface area contributed by atoms with E-state index in [-0.39, 0.29) is 0 Å². The van der Waals surface area contributed by atoms with Crippen LogP contribution in [-0.4, -0.2) is 35.8 Å². The summed E-state index contributed by atoms with van der Waals surface area (Å²) in [7, 11) is 2.10. The Morgan fingerprint density at radius 2 is 1.88 bits per heavy atom. The Hall–Kier alpha value is -1.53. The van der Waals surface area contributed by atoms with Crippen molar-refractivity contribution in [1.29, 1.82) is 0 Å². The molecule has 24 heavy (non-hydrogen) atoms. The largest absolute Gasteiger partial charge is 0.401 e. The summed E-state index contributed by atoms with van der Waals surface area (Å²) in [5.74, 6) is 0. The first kappa shape index (κ1) is 17.3. The number of nitrogens with one attached hydrogen (secondary N) is 1. The monoisotopic (exact) mass is 339 g/mol. The van der Waals surface area contributed by atoms with Gasteiger partial charge in [0, 0.05) is 36.7 Å². The Bertz CT molecular complexity index is 718. The molecule has 2 heterocycles. The third-order valence-electron chi connectivity index (χ3n) is 4.53. The van der Waals surface area contributed by atoms with Gasteiger partial charge in [-0.2, -0.15) is 13.2 Å². The van der Waals surface area contributed by atoms with Gasteiger partial charge in [0.25, 0.3) is 0 Å². The number of aryl methyl sites for hydroxylation is 1. The van der Waals surface area contributed by atoms with Crippen molar-refractivity contribution in [2.75, 3.05) is 20.1 Å². The first-order valence-corrected chi connectivity index (χ1v) is 8.47. The first-order chi connectivity index (χ1) is 11.4. The Labute approximate surface area is 140 Å². The van der Waals surface area contributed by atoms with Gasteiger partial charge in [-0.3, -0.25) is 4.90 Å². The lowest BCUT2D eigenvalue weighted by atomic mass is 10.0. The van der Waals surface area contributed by atoms with Crippen molar-refractivity contribution in [3.8, 4) is 0 Å². The van der Waals surface area contributed by atoms with E-state index in [2.05, 4.69) is 47.1 Å². The maximum Gasteiger partial charge on any atom is 0.401 e. The van der Waals surface area contributed by atoms with E-state index in [0.29, 0.717) is 13.0 Å². The fourth-order valence-corrected chi connectivity index (χ4v) is 3.51. The van der Waals surface area contributed by atoms with Crippen molar-refractivity contribution in [1.82, 2.24) is 14.8 Å². The molecule has 0 unspecified atom stereocenters. The molecule has 1 N–H and O–H groups in total. The number of halogens is 3. The molecule has 0 spiro atoms. The topological polar surface area (TPSA) is 20.2 Å². The van der Waals surface area contributed by atoms with Crippen LogP contribution in [0.3, 0.4) is 0 Å². The zero-order chi connectivity index (χ0) is 17.3. The molecular formula is C18H24F3N3. The standard InChI is InChI=1S/C18H24F3N3/c1-3-6-24-11-13(4-5-22-12-18(19,20)21)16-7-14-9-23(2)10-15(14)8-17(16)24/h7-8,11,22H,3-6,9-10,12H2,1-2H3. The highest BCUT2D eigenvalue weighted by molar-refractivity contribution is 5.86. The number of benzene rings is 1. The van der Waals surface area contributed by atoms with E-state index >= 15 is 0 Å². The Morgan fingerprint density at radius 3 is 2.54 bits per heavy atom. The molecule has 0 fully saturated rings. The molecule has 2 aromatic rings. The van der Waals surface area contributed by atoms with Gasteiger partial charge in [-0.1, -0.05) is 6.92 Å². The quantitative estimate of drug-likeness (QED) is 0.810. The summed E-state index contributed by atoms with van der Waals surface area (Å²) in [6, 6.07) is 4.50. The summed E-state index contributed by atoms with van der Waals surface area (Å²) < 4.78 is 39.0. The number of fused-ring (bicyclic) bond motifs is 2. The van der Waals surface area contributed by atoms with Gasteiger partial charge in [0.05, 0.1) is 6.54 Å². The van der Waals surface area contributed by atoms with Crippen molar-refractivity contribution in [3.05, 3.63) is 35.0 Å². The predicted molar refractivity (Wildman–Crippen MR) is 90.0 cm³/mol. The summed E-state index contributed by atoms with van der Waals surface area (Å²) in [5, 5.41) is 3.68. The lowest BCUT2D eigenvalue weighted by Gasteiger charge is -2.07. The van der Waals surface area contributed by atoms with Crippen LogP contribution < -0.4 is 5.32 Å². The molecule has 0 saturated heterocycles. The van der Waals surface area contributed by atoms with Crippen LogP contribution in [0.25, 0.3) is 10.9 Å². The second kappa shape index (κ2) is 6.76. The van der Waals surface area contributed by atoms with Gasteiger partial charge in [0.2, 0.25) is 0 Å². The van der Waals surface area contributed by atoms with E-state index in [1.165, 1.54) is 22.0 Å². The fourth-order valence-electron chi connectivity index (χ4n) is 3.51. The molecule has 0 bridgehead atoms. The minimum atomic E-state index is -4.15. The molecule has 0 amide bonds. The second-order valence-corrected chi connectivity index (χ2v) is 6.70. The van der Waals surface area contributed by atoms with E-state index in [1.807, 2.05) is 0 Å². The molecule has 1 aliphatic heterocycles. The third-order valence-corrected chi connectivity index (χ3v) is 4.53. The number of alkyl halides is 3. The lowest BCUT2D eigenvalue weighted by Crippen LogP contribution is -2.30. The maximum atomic E-state index is 12.3. The number of nitrogens with zero attached hydrogens (tertiary/aromatic N) is 2. The predicted octanol–water partition coefficient (Wildman–Crippen LogP) is 3.69. The number of hydrogen-bond acceptors (Lipinski definition) is 2. The highest BCUT2D eigenvalue weighted by Gasteiger charge is 2.26. The van der Waals surface area contributed by atoms with E-state index < -0.39 is 12.7 Å². The van der Waals surface area contributed by atoms with Crippen LogP contribution in [-0.2, 0) is 26.1 Å². The summed E-state index contributed by atoms with van der Waals surface area (Å²) in [6.45, 7) is 4.38. The van der Waals surface area contributed by atoms with Crippen molar-refractivity contribution >= 4 is 10.9 Å². The van der Waals surface area contributed by atoms with Crippen LogP contribution in [0.4, 0.5) is 13.2 Å². The van der Waals surface area contributed by atoms with E-state index in [0.717, 1.165) is 31.6 Å². The first-order valence-electron chi connectivity index (χ1n) is 8.47. The van der Waals surface area contributed by atoms with Crippen molar-refractivity contribution in [2.45, 2.75) is 45.6 Å². The molecule has 1 aromatic heterocycles. The van der Waals surface area contributed by atoms with Gasteiger partial charge in [-0.05, 0) is 55.3 Å². The number of rotatable bonds is 6. The minimum absolute atomic E-state index is 0.335. The molecule has 1 aliphatic rings. The van der Waals surface area contributed by atoms with Crippen LogP contribution in [0.1, 0.15) is 30.0 Å². The fraction of sp³-hybridized carbons (Fsp3) is 0.556. The van der Waals surface area contributed by atoms with Crippen LogP contribution in [0.5, 0.6) is 0 Å². The molecule has 1 aromatic carbocycles. The van der Waals surface area contributed by atoms with Gasteiger partial charge < -0.3 is 9.88 Å². The van der Waals surface area contributed by atoms with Gasteiger partial charge in [0.15, 0.2) is 0 Å². The molecule has 3 rings (SSSR count). The highest BCUT2D eigenvalue weighted by atomic mass is 19.4. The SMILES string of the molecule is CCCn1cc(CCNCC(F)(F)F)c2cc3c(cc21)CN(C)C3. The van der Waals surface area contributed by atoms with Gasteiger partial charge >= 0.3 is 6.18 Å². The zero-order valence-electron chi connectivity index (χ0n) is 14.2. The smallest absolute Gasteiger partial charge is 0.347 e. The summed E-state index contributed by atoms with van der Waals surface area (Å²) >= 11 is 0. The lowest BCUT2D eigenvalue weighted by molar-refractivity contribution is -0.124. The van der Waals surface area contributed by atoms with Gasteiger partial charge in [-0.15, -0.1) is 0 Å². The van der Waals surface area contributed by atoms with Crippen LogP contribution in [0.2, 0.25) is 0 Å². The van der Waals surface area contributed by atoms with Crippen molar-refractivity contribution in [3.63, 3.8) is 0 Å². The average Bonchev–Trinajstić information content (AvgIpc) is 3.00. The van der Waals surface area contributed by atoms with E-state index in [4.69, 9.17) is 0 Å². The normalized spacial score (nSPS) is 15.4. The molecule has 0 saturated carbocycles. The summed E-state index contributed by atoms with van der Waals surface area (Å²) in [4.78, 5) is 2.28. The Morgan fingerprint density at radius 1 is 1.17 bits per heavy atom. The minimum Gasteiger partial charge on any atom is -0.347 e. The van der Waals surface area contributed by atoms with E-state index in [9.17, 15) is 13.2 Å². The molecule has 3 nitrogen and oxygen atoms in total. The molecule has 0 radical (unpaired) electrons. The van der Waals surface area contributed by atoms with Gasteiger partial charge in [0.1, 0.15) is 0 Å². The molecule has 6 heteroatoms. The Balaban J connectivity index is 1.83. The highest BCUT2D eigenvalue weighted by Crippen LogP contribution is 2.30. The molecule has 0 atom stereocenters. The molecule has 0 aliphatic carbocycles. The second-order valence-electron chi connectivity index (χ2n) is 6.70. The molecule has 132 valence electrons. The van der Waals surface area contributed by atoms with E-state index in [1.54, 1.807) is 0 Å². The maximum absolute atomic E-state index is 12.3. The summed E-state index contributed by atoms with van der Waals surface area (Å²) in [6.07, 6.45) is -0.394. The number of hydrogen-bond donors (Lipinski definition) is 1. The van der Waals surface area contributed by atoms with Gasteiger partial charge in [-0.25, -0.2) is 0 Å². The number of aromatic nitrogens is 1. The molecular weight excluding hydrogens is 315 g/mol. The zero-order valence-corrected chi connectivity index (χ0v) is 14.2. The van der Waals surface area contributed by atoms with Crippen molar-refractivity contribution in [2.24, 2.45) is 0 Å². The van der Waals surface area contributed by atoms with Crippen LogP contribution in [0, 0.1) is 0 Å².